The summed E-state index contributed by atoms with van der Waals surface area (Å²) in [4.78, 5) is 18.0. The second kappa shape index (κ2) is 12.4. The second-order valence-corrected chi connectivity index (χ2v) is 12.0. The van der Waals surface area contributed by atoms with Crippen LogP contribution >= 0.6 is 0 Å². The summed E-state index contributed by atoms with van der Waals surface area (Å²) in [5.74, 6) is 0.958. The maximum atomic E-state index is 13.6. The molecule has 2 aliphatic rings. The lowest BCUT2D eigenvalue weighted by molar-refractivity contribution is -0.139. The fourth-order valence-electron chi connectivity index (χ4n) is 6.82. The van der Waals surface area contributed by atoms with E-state index in [9.17, 15) is 15.0 Å². The molecule has 0 radical (unpaired) electrons. The van der Waals surface area contributed by atoms with Crippen molar-refractivity contribution in [3.05, 3.63) is 65.7 Å². The lowest BCUT2D eigenvalue weighted by atomic mass is 9.56. The molecule has 2 fully saturated rings. The number of unbranched alkanes of at least 4 members (excludes halogenated alkanes) is 2. The summed E-state index contributed by atoms with van der Waals surface area (Å²) in [7, 11) is 2.12. The molecule has 5 nitrogen and oxygen atoms in total. The minimum atomic E-state index is -0.475. The third kappa shape index (κ3) is 6.74. The molecule has 2 aromatic rings. The molecule has 1 amide bonds. The molecule has 4 rings (SSSR count). The monoisotopic (exact) mass is 506 g/mol. The topological polar surface area (TPSA) is 64.0 Å². The Bertz CT molecular complexity index is 1010. The highest BCUT2D eigenvalue weighted by atomic mass is 16.3. The number of piperidine rings is 1. The van der Waals surface area contributed by atoms with Crippen LogP contribution in [0, 0.1) is 11.8 Å². The lowest BCUT2D eigenvalue weighted by Crippen LogP contribution is -2.61. The maximum Gasteiger partial charge on any atom is 0.222 e. The Morgan fingerprint density at radius 1 is 1.11 bits per heavy atom. The number of aliphatic hydroxyl groups excluding tert-OH is 1. The summed E-state index contributed by atoms with van der Waals surface area (Å²) < 4.78 is 0. The summed E-state index contributed by atoms with van der Waals surface area (Å²) in [5.41, 5.74) is 2.22. The number of aliphatic hydroxyl groups is 1. The van der Waals surface area contributed by atoms with Gasteiger partial charge in [0.1, 0.15) is 5.75 Å². The van der Waals surface area contributed by atoms with Crippen molar-refractivity contribution >= 4 is 5.91 Å². The van der Waals surface area contributed by atoms with Crippen LogP contribution in [-0.2, 0) is 16.6 Å². The zero-order valence-corrected chi connectivity index (χ0v) is 23.0. The van der Waals surface area contributed by atoms with E-state index in [-0.39, 0.29) is 29.0 Å². The number of aromatic hydroxyl groups is 1. The highest BCUT2D eigenvalue weighted by molar-refractivity contribution is 5.76. The van der Waals surface area contributed by atoms with Crippen LogP contribution in [0.15, 0.2) is 54.6 Å². The van der Waals surface area contributed by atoms with Crippen molar-refractivity contribution in [2.75, 3.05) is 26.7 Å². The average Bonchev–Trinajstić information content (AvgIpc) is 2.88. The van der Waals surface area contributed by atoms with E-state index in [1.165, 1.54) is 5.56 Å². The van der Waals surface area contributed by atoms with Crippen molar-refractivity contribution in [1.29, 1.82) is 0 Å². The molecule has 5 heteroatoms. The molecule has 1 saturated carbocycles. The molecular formula is C32H46N2O3. The number of phenols is 1. The number of rotatable bonds is 10. The van der Waals surface area contributed by atoms with Crippen LogP contribution in [0.1, 0.15) is 69.9 Å². The Kier molecular flexibility index (Phi) is 9.31. The van der Waals surface area contributed by atoms with Gasteiger partial charge in [0.2, 0.25) is 5.91 Å². The Labute approximate surface area is 223 Å². The van der Waals surface area contributed by atoms with E-state index in [1.807, 2.05) is 18.2 Å². The second-order valence-electron chi connectivity index (χ2n) is 12.0. The zero-order valence-electron chi connectivity index (χ0n) is 23.0. The van der Waals surface area contributed by atoms with Gasteiger partial charge in [0.05, 0.1) is 6.10 Å². The number of phenolic OH excluding ortho intramolecular Hbond substituents is 1. The Hall–Kier alpha value is -2.37. The first-order chi connectivity index (χ1) is 17.8. The molecule has 0 bridgehead atoms. The van der Waals surface area contributed by atoms with Gasteiger partial charge >= 0.3 is 0 Å². The fraction of sp³-hybridized carbons (Fsp3) is 0.594. The Morgan fingerprint density at radius 3 is 2.62 bits per heavy atom. The highest BCUT2D eigenvalue weighted by Gasteiger charge is 2.52. The quantitative estimate of drug-likeness (QED) is 0.424. The van der Waals surface area contributed by atoms with E-state index in [2.05, 4.69) is 61.0 Å². The van der Waals surface area contributed by atoms with Crippen molar-refractivity contribution in [1.82, 2.24) is 9.80 Å². The molecule has 1 aliphatic carbocycles. The van der Waals surface area contributed by atoms with Crippen LogP contribution in [0.3, 0.4) is 0 Å². The number of likely N-dealkylation sites (tertiary alicyclic amines) is 1. The van der Waals surface area contributed by atoms with Gasteiger partial charge < -0.3 is 20.0 Å². The molecule has 4 atom stereocenters. The van der Waals surface area contributed by atoms with Gasteiger partial charge in [-0.1, -0.05) is 62.7 Å². The molecule has 1 aliphatic heterocycles. The average molecular weight is 507 g/mol. The van der Waals surface area contributed by atoms with Crippen molar-refractivity contribution in [2.24, 2.45) is 11.8 Å². The normalized spacial score (nSPS) is 26.1. The van der Waals surface area contributed by atoms with E-state index < -0.39 is 6.10 Å². The van der Waals surface area contributed by atoms with Crippen LogP contribution in [-0.4, -0.2) is 64.7 Å². The third-order valence-corrected chi connectivity index (χ3v) is 8.68. The third-order valence-electron chi connectivity index (χ3n) is 8.68. The Balaban J connectivity index is 1.47. The first kappa shape index (κ1) is 27.7. The van der Waals surface area contributed by atoms with Gasteiger partial charge in [0, 0.05) is 36.9 Å². The van der Waals surface area contributed by atoms with Gasteiger partial charge in [-0.25, -0.2) is 0 Å². The van der Waals surface area contributed by atoms with Gasteiger partial charge in [0.15, 0.2) is 0 Å². The molecule has 202 valence electrons. The maximum absolute atomic E-state index is 13.6. The molecule has 1 saturated heterocycles. The number of amides is 1. The van der Waals surface area contributed by atoms with Crippen LogP contribution in [0.2, 0.25) is 0 Å². The van der Waals surface area contributed by atoms with Gasteiger partial charge in [-0.15, -0.1) is 0 Å². The van der Waals surface area contributed by atoms with Gasteiger partial charge in [-0.05, 0) is 81.3 Å². The summed E-state index contributed by atoms with van der Waals surface area (Å²) in [5, 5.41) is 21.8. The van der Waals surface area contributed by atoms with Crippen LogP contribution in [0.25, 0.3) is 0 Å². The molecule has 1 heterocycles. The molecule has 1 unspecified atom stereocenters. The van der Waals surface area contributed by atoms with Crippen molar-refractivity contribution in [2.45, 2.75) is 82.8 Å². The minimum absolute atomic E-state index is 0.0104. The first-order valence-corrected chi connectivity index (χ1v) is 14.3. The molecular weight excluding hydrogens is 460 g/mol. The van der Waals surface area contributed by atoms with E-state index in [4.69, 9.17) is 0 Å². The van der Waals surface area contributed by atoms with Crippen molar-refractivity contribution in [3.8, 4) is 5.75 Å². The minimum Gasteiger partial charge on any atom is -0.508 e. The predicted octanol–water partition coefficient (Wildman–Crippen LogP) is 5.39. The number of carbonyl (C=O) groups excluding carboxylic acids is 1. The van der Waals surface area contributed by atoms with E-state index in [0.29, 0.717) is 18.8 Å². The van der Waals surface area contributed by atoms with E-state index in [1.54, 1.807) is 6.07 Å². The zero-order chi connectivity index (χ0) is 26.4. The first-order valence-electron chi connectivity index (χ1n) is 14.3. The number of nitrogens with zero attached hydrogens (tertiary/aromatic N) is 2. The number of hydrogen-bond acceptors (Lipinski definition) is 4. The summed E-state index contributed by atoms with van der Waals surface area (Å²) >= 11 is 0. The van der Waals surface area contributed by atoms with Gasteiger partial charge in [-0.3, -0.25) is 4.79 Å². The molecule has 2 N–H and O–H groups in total. The number of fused-ring (bicyclic) bond motifs is 1. The summed E-state index contributed by atoms with van der Waals surface area (Å²) in [6.07, 6.45) is 6.60. The van der Waals surface area contributed by atoms with Crippen molar-refractivity contribution in [3.63, 3.8) is 0 Å². The molecule has 37 heavy (non-hydrogen) atoms. The Morgan fingerprint density at radius 2 is 1.89 bits per heavy atom. The summed E-state index contributed by atoms with van der Waals surface area (Å²) in [6, 6.07) is 18.2. The van der Waals surface area contributed by atoms with E-state index in [0.717, 1.165) is 63.7 Å². The molecule has 0 aromatic heterocycles. The number of benzene rings is 2. The fourth-order valence-corrected chi connectivity index (χ4v) is 6.82. The smallest absolute Gasteiger partial charge is 0.222 e. The largest absolute Gasteiger partial charge is 0.508 e. The molecule has 2 aromatic carbocycles. The number of aryl methyl sites for hydroxylation is 1. The van der Waals surface area contributed by atoms with Crippen molar-refractivity contribution < 1.29 is 15.0 Å². The summed E-state index contributed by atoms with van der Waals surface area (Å²) in [6.45, 7) is 6.85. The molecule has 0 spiro atoms. The van der Waals surface area contributed by atoms with Crippen LogP contribution in [0.4, 0.5) is 0 Å². The van der Waals surface area contributed by atoms with Gasteiger partial charge in [-0.2, -0.15) is 0 Å². The lowest BCUT2D eigenvalue weighted by Gasteiger charge is -2.56. The van der Waals surface area contributed by atoms with Crippen LogP contribution in [0.5, 0.6) is 5.75 Å². The van der Waals surface area contributed by atoms with Crippen LogP contribution < -0.4 is 0 Å². The van der Waals surface area contributed by atoms with E-state index >= 15 is 0 Å². The highest BCUT2D eigenvalue weighted by Crippen LogP contribution is 2.50. The van der Waals surface area contributed by atoms with Gasteiger partial charge in [0.25, 0.3) is 0 Å². The number of carbonyl (C=O) groups is 1. The standard InChI is InChI=1S/C32H46N2O3/c1-24(2)22-34(31(37)16-9-5-8-13-25-11-6-4-7-12-25)27-20-30(36)29-23-33(3)18-17-32(29,21-27)26-14-10-15-28(35)19-26/h4,6-7,10-12,14-15,19,24,27,29-30,35-36H,5,8-9,13,16-18,20-23H2,1-3H3/t27-,29+,30?,32+/m1/s1. The number of hydrogen-bond donors (Lipinski definition) is 2. The SMILES string of the molecule is CC(C)CN(C(=O)CCCCCc1ccccc1)[C@@H]1CC(O)[C@@H]2CN(C)CC[C@@]2(c2cccc(O)c2)C1. The predicted molar refractivity (Wildman–Crippen MR) is 150 cm³/mol.